The molecule has 1 heterocycles. The van der Waals surface area contributed by atoms with Crippen LogP contribution in [0.2, 0.25) is 0 Å². The lowest BCUT2D eigenvalue weighted by Crippen LogP contribution is -2.53. The molecule has 1 saturated heterocycles. The van der Waals surface area contributed by atoms with Gasteiger partial charge in [0.2, 0.25) is 0 Å². The average molecular weight is 345 g/mol. The molecule has 25 heavy (non-hydrogen) atoms. The molecule has 3 rings (SSSR count). The first kappa shape index (κ1) is 18.1. The second-order valence-corrected chi connectivity index (χ2v) is 7.21. The van der Waals surface area contributed by atoms with Crippen molar-refractivity contribution in [2.75, 3.05) is 39.8 Å². The zero-order valence-electron chi connectivity index (χ0n) is 15.4. The highest BCUT2D eigenvalue weighted by Crippen LogP contribution is 2.18. The number of nitrogens with one attached hydrogen (secondary N) is 1. The molecule has 0 bridgehead atoms. The fourth-order valence-electron chi connectivity index (χ4n) is 3.77. The molecule has 2 fully saturated rings. The van der Waals surface area contributed by atoms with E-state index >= 15 is 0 Å². The van der Waals surface area contributed by atoms with Gasteiger partial charge in [-0.25, -0.2) is 4.79 Å². The summed E-state index contributed by atoms with van der Waals surface area (Å²) in [6.07, 6.45) is 7.16. The van der Waals surface area contributed by atoms with E-state index in [0.717, 1.165) is 57.7 Å². The zero-order chi connectivity index (χ0) is 17.5. The van der Waals surface area contributed by atoms with Gasteiger partial charge >= 0.3 is 6.03 Å². The van der Waals surface area contributed by atoms with Crippen LogP contribution in [-0.4, -0.2) is 61.7 Å². The number of nitrogens with zero attached hydrogens (tertiary/aromatic N) is 2. The molecule has 1 saturated carbocycles. The first-order chi connectivity index (χ1) is 12.2. The van der Waals surface area contributed by atoms with E-state index in [4.69, 9.17) is 4.74 Å². The van der Waals surface area contributed by atoms with E-state index in [9.17, 15) is 4.79 Å². The fourth-order valence-corrected chi connectivity index (χ4v) is 3.77. The molecular weight excluding hydrogens is 314 g/mol. The SMILES string of the molecule is COc1ccc(CCN2CCN(C(=O)NC3CCCCC3)CC2)cc1. The quantitative estimate of drug-likeness (QED) is 0.892. The van der Waals surface area contributed by atoms with Gasteiger partial charge in [-0.15, -0.1) is 0 Å². The van der Waals surface area contributed by atoms with Gasteiger partial charge in [0.25, 0.3) is 0 Å². The standard InChI is InChI=1S/C20H31N3O2/c1-25-19-9-7-17(8-10-19)11-12-22-13-15-23(16-14-22)20(24)21-18-5-3-2-4-6-18/h7-10,18H,2-6,11-16H2,1H3,(H,21,24). The first-order valence-corrected chi connectivity index (χ1v) is 9.65. The Morgan fingerprint density at radius 3 is 2.40 bits per heavy atom. The molecule has 1 aromatic carbocycles. The smallest absolute Gasteiger partial charge is 0.317 e. The number of hydrogen-bond acceptors (Lipinski definition) is 3. The highest BCUT2D eigenvalue weighted by molar-refractivity contribution is 5.74. The largest absolute Gasteiger partial charge is 0.497 e. The maximum absolute atomic E-state index is 12.4. The van der Waals surface area contributed by atoms with Crippen LogP contribution in [0.25, 0.3) is 0 Å². The van der Waals surface area contributed by atoms with E-state index < -0.39 is 0 Å². The van der Waals surface area contributed by atoms with E-state index in [1.165, 1.54) is 24.8 Å². The Hall–Kier alpha value is -1.75. The van der Waals surface area contributed by atoms with E-state index in [2.05, 4.69) is 22.3 Å². The summed E-state index contributed by atoms with van der Waals surface area (Å²) in [6.45, 7) is 4.65. The van der Waals surface area contributed by atoms with Crippen molar-refractivity contribution in [3.8, 4) is 5.75 Å². The van der Waals surface area contributed by atoms with Crippen molar-refractivity contribution in [3.63, 3.8) is 0 Å². The number of hydrogen-bond donors (Lipinski definition) is 1. The van der Waals surface area contributed by atoms with Gasteiger partial charge in [0.1, 0.15) is 5.75 Å². The second-order valence-electron chi connectivity index (χ2n) is 7.21. The number of carbonyl (C=O) groups is 1. The number of benzene rings is 1. The Balaban J connectivity index is 1.36. The molecule has 0 radical (unpaired) electrons. The van der Waals surface area contributed by atoms with Crippen molar-refractivity contribution in [1.29, 1.82) is 0 Å². The maximum atomic E-state index is 12.4. The number of ether oxygens (including phenoxy) is 1. The minimum Gasteiger partial charge on any atom is -0.497 e. The number of amides is 2. The molecule has 0 unspecified atom stereocenters. The maximum Gasteiger partial charge on any atom is 0.317 e. The molecule has 2 aliphatic rings. The monoisotopic (exact) mass is 345 g/mol. The summed E-state index contributed by atoms with van der Waals surface area (Å²) in [5, 5.41) is 3.23. The summed E-state index contributed by atoms with van der Waals surface area (Å²) < 4.78 is 5.20. The molecule has 0 atom stereocenters. The number of urea groups is 1. The van der Waals surface area contributed by atoms with Gasteiger partial charge in [-0.05, 0) is 37.0 Å². The van der Waals surface area contributed by atoms with Crippen LogP contribution in [0.15, 0.2) is 24.3 Å². The molecule has 5 heteroatoms. The summed E-state index contributed by atoms with van der Waals surface area (Å²) in [6, 6.07) is 8.83. The van der Waals surface area contributed by atoms with Crippen molar-refractivity contribution in [2.45, 2.75) is 44.6 Å². The third-order valence-corrected chi connectivity index (χ3v) is 5.47. The molecule has 2 amide bonds. The van der Waals surface area contributed by atoms with Crippen LogP contribution >= 0.6 is 0 Å². The number of methoxy groups -OCH3 is 1. The van der Waals surface area contributed by atoms with E-state index in [-0.39, 0.29) is 6.03 Å². The number of carbonyl (C=O) groups excluding carboxylic acids is 1. The Labute approximate surface area is 151 Å². The Kier molecular flexibility index (Phi) is 6.56. The van der Waals surface area contributed by atoms with Crippen LogP contribution in [0.1, 0.15) is 37.7 Å². The lowest BCUT2D eigenvalue weighted by atomic mass is 9.96. The molecule has 1 N–H and O–H groups in total. The minimum atomic E-state index is 0.140. The molecule has 0 spiro atoms. The highest BCUT2D eigenvalue weighted by Gasteiger charge is 2.23. The molecule has 5 nitrogen and oxygen atoms in total. The minimum absolute atomic E-state index is 0.140. The van der Waals surface area contributed by atoms with Crippen LogP contribution in [0.4, 0.5) is 4.79 Å². The van der Waals surface area contributed by atoms with Crippen LogP contribution in [0, 0.1) is 0 Å². The molecule has 1 aliphatic heterocycles. The fraction of sp³-hybridized carbons (Fsp3) is 0.650. The normalized spacial score (nSPS) is 19.6. The van der Waals surface area contributed by atoms with Gasteiger partial charge < -0.3 is 15.0 Å². The van der Waals surface area contributed by atoms with Crippen molar-refractivity contribution in [1.82, 2.24) is 15.1 Å². The van der Waals surface area contributed by atoms with Crippen molar-refractivity contribution < 1.29 is 9.53 Å². The van der Waals surface area contributed by atoms with Crippen LogP contribution in [0.5, 0.6) is 5.75 Å². The second kappa shape index (κ2) is 9.09. The molecule has 0 aromatic heterocycles. The molecule has 1 aromatic rings. The predicted octanol–water partition coefficient (Wildman–Crippen LogP) is 2.90. The van der Waals surface area contributed by atoms with Crippen LogP contribution < -0.4 is 10.1 Å². The average Bonchev–Trinajstić information content (AvgIpc) is 2.68. The van der Waals surface area contributed by atoms with Crippen molar-refractivity contribution in [3.05, 3.63) is 29.8 Å². The summed E-state index contributed by atoms with van der Waals surface area (Å²) in [5.41, 5.74) is 1.33. The number of piperazine rings is 1. The van der Waals surface area contributed by atoms with E-state index in [1.807, 2.05) is 17.0 Å². The van der Waals surface area contributed by atoms with Gasteiger partial charge in [-0.3, -0.25) is 4.90 Å². The third kappa shape index (κ3) is 5.36. The van der Waals surface area contributed by atoms with Crippen molar-refractivity contribution >= 4 is 6.03 Å². The third-order valence-electron chi connectivity index (χ3n) is 5.47. The number of rotatable bonds is 5. The summed E-state index contributed by atoms with van der Waals surface area (Å²) in [5.74, 6) is 0.904. The molecule has 1 aliphatic carbocycles. The van der Waals surface area contributed by atoms with E-state index in [1.54, 1.807) is 7.11 Å². The zero-order valence-corrected chi connectivity index (χ0v) is 15.4. The van der Waals surface area contributed by atoms with Gasteiger partial charge in [-0.2, -0.15) is 0 Å². The van der Waals surface area contributed by atoms with Gasteiger partial charge in [0.15, 0.2) is 0 Å². The molecule has 138 valence electrons. The predicted molar refractivity (Wildman–Crippen MR) is 100 cm³/mol. The topological polar surface area (TPSA) is 44.8 Å². The summed E-state index contributed by atoms with van der Waals surface area (Å²) >= 11 is 0. The van der Waals surface area contributed by atoms with Crippen molar-refractivity contribution in [2.24, 2.45) is 0 Å². The highest BCUT2D eigenvalue weighted by atomic mass is 16.5. The summed E-state index contributed by atoms with van der Waals surface area (Å²) in [4.78, 5) is 16.8. The lowest BCUT2D eigenvalue weighted by Gasteiger charge is -2.36. The van der Waals surface area contributed by atoms with Gasteiger partial charge in [0.05, 0.1) is 7.11 Å². The Morgan fingerprint density at radius 2 is 1.76 bits per heavy atom. The Bertz CT molecular complexity index is 532. The van der Waals surface area contributed by atoms with Crippen LogP contribution in [0.3, 0.4) is 0 Å². The van der Waals surface area contributed by atoms with E-state index in [0.29, 0.717) is 6.04 Å². The molecular formula is C20H31N3O2. The van der Waals surface area contributed by atoms with Gasteiger partial charge in [0, 0.05) is 38.8 Å². The van der Waals surface area contributed by atoms with Gasteiger partial charge in [-0.1, -0.05) is 31.4 Å². The van der Waals surface area contributed by atoms with Crippen LogP contribution in [-0.2, 0) is 6.42 Å². The first-order valence-electron chi connectivity index (χ1n) is 9.65. The lowest BCUT2D eigenvalue weighted by molar-refractivity contribution is 0.136. The summed E-state index contributed by atoms with van der Waals surface area (Å²) in [7, 11) is 1.69. The Morgan fingerprint density at radius 1 is 1.08 bits per heavy atom.